The highest BCUT2D eigenvalue weighted by Crippen LogP contribution is 2.55. The molecule has 0 aliphatic rings. The first kappa shape index (κ1) is 24.8. The normalized spacial score (nSPS) is 18.0. The summed E-state index contributed by atoms with van der Waals surface area (Å²) in [4.78, 5) is 0. The molecule has 0 aromatic rings. The van der Waals surface area contributed by atoms with Gasteiger partial charge in [-0.15, -0.1) is 0 Å². The standard InChI is InChI=1S/C8H2F16O2/c9-1-2(10,11)25-8(23,24)4(14,6(18,19)20)26-7(21,22)3(12,13)5(15,16)17/h1H2. The number of hydrogen-bond acceptors (Lipinski definition) is 2. The van der Waals surface area contributed by atoms with Gasteiger partial charge in [-0.05, 0) is 0 Å². The third-order valence-corrected chi connectivity index (χ3v) is 2.16. The Balaban J connectivity index is 6.23. The lowest BCUT2D eigenvalue weighted by Crippen LogP contribution is -2.66. The summed E-state index contributed by atoms with van der Waals surface area (Å²) in [6, 6.07) is 0. The average molecular weight is 434 g/mol. The minimum absolute atomic E-state index is 1.31. The van der Waals surface area contributed by atoms with Gasteiger partial charge in [-0.25, -0.2) is 9.13 Å². The second kappa shape index (κ2) is 6.45. The van der Waals surface area contributed by atoms with Crippen LogP contribution in [0.25, 0.3) is 0 Å². The van der Waals surface area contributed by atoms with Crippen LogP contribution in [0.2, 0.25) is 0 Å². The van der Waals surface area contributed by atoms with E-state index in [2.05, 4.69) is 0 Å². The van der Waals surface area contributed by atoms with Crippen LogP contribution in [0.5, 0.6) is 0 Å². The summed E-state index contributed by atoms with van der Waals surface area (Å²) in [6.45, 7) is -3.40. The second-order valence-electron chi connectivity index (χ2n) is 4.17. The zero-order chi connectivity index (χ0) is 21.6. The van der Waals surface area contributed by atoms with Gasteiger partial charge in [0.15, 0.2) is 6.67 Å². The zero-order valence-electron chi connectivity index (χ0n) is 11.1. The zero-order valence-corrected chi connectivity index (χ0v) is 11.1. The van der Waals surface area contributed by atoms with Gasteiger partial charge in [-0.2, -0.15) is 65.9 Å². The van der Waals surface area contributed by atoms with Crippen molar-refractivity contribution < 1.29 is 79.7 Å². The van der Waals surface area contributed by atoms with Gasteiger partial charge in [0.1, 0.15) is 0 Å². The Bertz CT molecular complexity index is 491. The van der Waals surface area contributed by atoms with Crippen molar-refractivity contribution in [1.29, 1.82) is 0 Å². The van der Waals surface area contributed by atoms with E-state index in [9.17, 15) is 70.2 Å². The van der Waals surface area contributed by atoms with Gasteiger partial charge in [0.2, 0.25) is 0 Å². The summed E-state index contributed by atoms with van der Waals surface area (Å²) in [5.74, 6) is -15.4. The quantitative estimate of drug-likeness (QED) is 0.514. The fraction of sp³-hybridized carbons (Fsp3) is 1.00. The maximum atomic E-state index is 13.3. The molecule has 0 heterocycles. The molecule has 0 amide bonds. The first-order valence-corrected chi connectivity index (χ1v) is 5.27. The molecule has 158 valence electrons. The van der Waals surface area contributed by atoms with Crippen molar-refractivity contribution in [3.05, 3.63) is 0 Å². The van der Waals surface area contributed by atoms with E-state index >= 15 is 0 Å². The molecule has 0 bridgehead atoms. The molecule has 18 heteroatoms. The number of halogens is 16. The molecule has 0 aromatic heterocycles. The molecule has 26 heavy (non-hydrogen) atoms. The van der Waals surface area contributed by atoms with E-state index in [1.165, 1.54) is 4.74 Å². The molecule has 0 saturated heterocycles. The molecule has 1 atom stereocenters. The third kappa shape index (κ3) is 4.37. The first-order valence-electron chi connectivity index (χ1n) is 5.27. The van der Waals surface area contributed by atoms with Gasteiger partial charge in [0.05, 0.1) is 0 Å². The highest BCUT2D eigenvalue weighted by Gasteiger charge is 2.84. The van der Waals surface area contributed by atoms with Gasteiger partial charge in [-0.1, -0.05) is 0 Å². The summed E-state index contributed by atoms with van der Waals surface area (Å²) in [5.41, 5.74) is 0. The highest BCUT2D eigenvalue weighted by molar-refractivity contribution is 4.93. The molecule has 0 N–H and O–H groups in total. The van der Waals surface area contributed by atoms with Gasteiger partial charge < -0.3 is 0 Å². The molecular formula is C8H2F16O2. The van der Waals surface area contributed by atoms with E-state index in [0.29, 0.717) is 0 Å². The van der Waals surface area contributed by atoms with Crippen molar-refractivity contribution in [3.8, 4) is 0 Å². The van der Waals surface area contributed by atoms with Crippen LogP contribution in [-0.2, 0) is 9.47 Å². The third-order valence-electron chi connectivity index (χ3n) is 2.16. The molecule has 0 aliphatic carbocycles. The fourth-order valence-corrected chi connectivity index (χ4v) is 0.968. The first-order chi connectivity index (χ1) is 11.0. The predicted molar refractivity (Wildman–Crippen MR) is 43.9 cm³/mol. The summed E-state index contributed by atoms with van der Waals surface area (Å²) in [7, 11) is 0. The van der Waals surface area contributed by atoms with Gasteiger partial charge in [-0.3, -0.25) is 4.74 Å². The minimum Gasteiger partial charge on any atom is -0.262 e. The molecule has 0 saturated carbocycles. The van der Waals surface area contributed by atoms with Crippen molar-refractivity contribution in [2.75, 3.05) is 6.67 Å². The van der Waals surface area contributed by atoms with E-state index < -0.39 is 49.1 Å². The van der Waals surface area contributed by atoms with Crippen molar-refractivity contribution in [2.45, 2.75) is 42.5 Å². The summed E-state index contributed by atoms with van der Waals surface area (Å²) in [5, 5.41) is 0. The molecule has 0 aromatic carbocycles. The van der Waals surface area contributed by atoms with E-state index in [1.807, 2.05) is 0 Å². The van der Waals surface area contributed by atoms with Crippen LogP contribution in [0.1, 0.15) is 0 Å². The molecule has 0 radical (unpaired) electrons. The minimum atomic E-state index is -7.70. The molecule has 1 unspecified atom stereocenters. The molecule has 2 nitrogen and oxygen atoms in total. The lowest BCUT2D eigenvalue weighted by atomic mass is 10.2. The Morgan fingerprint density at radius 2 is 0.885 bits per heavy atom. The summed E-state index contributed by atoms with van der Waals surface area (Å²) >= 11 is 0. The van der Waals surface area contributed by atoms with Gasteiger partial charge in [0.25, 0.3) is 0 Å². The number of hydrogen-bond donors (Lipinski definition) is 0. The summed E-state index contributed by atoms with van der Waals surface area (Å²) in [6.07, 6.45) is -36.2. The number of alkyl halides is 16. The van der Waals surface area contributed by atoms with Crippen LogP contribution in [0.15, 0.2) is 0 Å². The Morgan fingerprint density at radius 3 is 1.15 bits per heavy atom. The largest absolute Gasteiger partial charge is 0.462 e. The lowest BCUT2D eigenvalue weighted by Gasteiger charge is -2.38. The monoisotopic (exact) mass is 434 g/mol. The van der Waals surface area contributed by atoms with Crippen LogP contribution < -0.4 is 0 Å². The van der Waals surface area contributed by atoms with Gasteiger partial charge >= 0.3 is 42.5 Å². The van der Waals surface area contributed by atoms with Crippen molar-refractivity contribution in [2.24, 2.45) is 0 Å². The topological polar surface area (TPSA) is 18.5 Å². The smallest absolute Gasteiger partial charge is 0.262 e. The van der Waals surface area contributed by atoms with E-state index in [1.54, 1.807) is 4.74 Å². The van der Waals surface area contributed by atoms with Crippen LogP contribution in [-0.4, -0.2) is 49.1 Å². The van der Waals surface area contributed by atoms with Crippen molar-refractivity contribution in [1.82, 2.24) is 0 Å². The molecule has 0 fully saturated rings. The molecule has 0 spiro atoms. The highest BCUT2D eigenvalue weighted by atomic mass is 19.4. The second-order valence-corrected chi connectivity index (χ2v) is 4.17. The Kier molecular flexibility index (Phi) is 6.15. The van der Waals surface area contributed by atoms with E-state index in [-0.39, 0.29) is 0 Å². The van der Waals surface area contributed by atoms with Gasteiger partial charge in [0, 0.05) is 0 Å². The van der Waals surface area contributed by atoms with E-state index in [4.69, 9.17) is 0 Å². The Labute approximate surface area is 130 Å². The van der Waals surface area contributed by atoms with Crippen LogP contribution >= 0.6 is 0 Å². The fourth-order valence-electron chi connectivity index (χ4n) is 0.968. The SMILES string of the molecule is FCC(F)(F)OC(F)(F)C(F)(OC(F)(F)C(F)(F)C(F)(F)F)C(F)(F)F. The van der Waals surface area contributed by atoms with Crippen LogP contribution in [0, 0.1) is 0 Å². The predicted octanol–water partition coefficient (Wildman–Crippen LogP) is 5.19. The van der Waals surface area contributed by atoms with Crippen LogP contribution in [0.4, 0.5) is 70.2 Å². The molecular weight excluding hydrogens is 432 g/mol. The Hall–Kier alpha value is -1.20. The van der Waals surface area contributed by atoms with Crippen molar-refractivity contribution in [3.63, 3.8) is 0 Å². The number of ether oxygens (including phenoxy) is 2. The maximum Gasteiger partial charge on any atom is 0.462 e. The maximum absolute atomic E-state index is 13.3. The van der Waals surface area contributed by atoms with Crippen LogP contribution in [0.3, 0.4) is 0 Å². The molecule has 0 aliphatic heterocycles. The molecule has 0 rings (SSSR count). The van der Waals surface area contributed by atoms with Crippen molar-refractivity contribution >= 4 is 0 Å². The Morgan fingerprint density at radius 1 is 0.500 bits per heavy atom. The number of rotatable bonds is 7. The lowest BCUT2D eigenvalue weighted by molar-refractivity contribution is -0.549. The average Bonchev–Trinajstić information content (AvgIpc) is 2.33. The summed E-state index contributed by atoms with van der Waals surface area (Å²) < 4.78 is 200. The van der Waals surface area contributed by atoms with E-state index in [0.717, 1.165) is 0 Å².